The standard InChI is InChI=1S/C21H23NO3/c1-14-9-10-18-17(13-14)19(23)21(24)22(18)11-4-5-12-25-20-15(2)7-6-8-16(20)3/h6-10,13H,4-5,11-12H2,1-3H3. The molecule has 1 amide bonds. The number of aryl methyl sites for hydroxylation is 3. The van der Waals surface area contributed by atoms with Crippen LogP contribution in [0, 0.1) is 20.8 Å². The lowest BCUT2D eigenvalue weighted by Crippen LogP contribution is -2.30. The third kappa shape index (κ3) is 3.43. The predicted molar refractivity (Wildman–Crippen MR) is 98.5 cm³/mol. The van der Waals surface area contributed by atoms with Crippen molar-refractivity contribution < 1.29 is 14.3 Å². The molecule has 0 atom stereocenters. The highest BCUT2D eigenvalue weighted by Gasteiger charge is 2.35. The van der Waals surface area contributed by atoms with E-state index in [-0.39, 0.29) is 0 Å². The highest BCUT2D eigenvalue weighted by molar-refractivity contribution is 6.52. The van der Waals surface area contributed by atoms with Gasteiger partial charge in [-0.1, -0.05) is 29.8 Å². The van der Waals surface area contributed by atoms with Crippen molar-refractivity contribution in [1.29, 1.82) is 0 Å². The number of Topliss-reactive ketones (excluding diaryl/α,β-unsaturated/α-hetero) is 1. The average Bonchev–Trinajstić information content (AvgIpc) is 2.81. The monoisotopic (exact) mass is 337 g/mol. The minimum Gasteiger partial charge on any atom is -0.493 e. The van der Waals surface area contributed by atoms with E-state index in [1.807, 2.05) is 51.1 Å². The van der Waals surface area contributed by atoms with Crippen LogP contribution in [-0.4, -0.2) is 24.8 Å². The lowest BCUT2D eigenvalue weighted by molar-refractivity contribution is -0.114. The Balaban J connectivity index is 1.55. The third-order valence-electron chi connectivity index (χ3n) is 4.56. The van der Waals surface area contributed by atoms with E-state index in [0.29, 0.717) is 18.7 Å². The van der Waals surface area contributed by atoms with Gasteiger partial charge in [-0.3, -0.25) is 9.59 Å². The maximum Gasteiger partial charge on any atom is 0.299 e. The molecule has 3 rings (SSSR count). The zero-order chi connectivity index (χ0) is 18.0. The van der Waals surface area contributed by atoms with Gasteiger partial charge in [0.25, 0.3) is 11.7 Å². The first-order valence-corrected chi connectivity index (χ1v) is 8.65. The van der Waals surface area contributed by atoms with E-state index < -0.39 is 11.7 Å². The number of amides is 1. The van der Waals surface area contributed by atoms with E-state index in [1.54, 1.807) is 11.0 Å². The second-order valence-electron chi connectivity index (χ2n) is 6.58. The molecule has 0 radical (unpaired) electrons. The Morgan fingerprint density at radius 1 is 0.960 bits per heavy atom. The van der Waals surface area contributed by atoms with Gasteiger partial charge in [0, 0.05) is 6.54 Å². The maximum atomic E-state index is 12.2. The number of rotatable bonds is 6. The van der Waals surface area contributed by atoms with Crippen LogP contribution < -0.4 is 9.64 Å². The Morgan fingerprint density at radius 2 is 1.68 bits per heavy atom. The highest BCUT2D eigenvalue weighted by atomic mass is 16.5. The van der Waals surface area contributed by atoms with Crippen LogP contribution in [0.25, 0.3) is 0 Å². The first-order valence-electron chi connectivity index (χ1n) is 8.65. The van der Waals surface area contributed by atoms with Gasteiger partial charge in [0.15, 0.2) is 0 Å². The van der Waals surface area contributed by atoms with E-state index in [2.05, 4.69) is 0 Å². The number of fused-ring (bicyclic) bond motifs is 1. The van der Waals surface area contributed by atoms with Gasteiger partial charge in [-0.2, -0.15) is 0 Å². The Kier molecular flexibility index (Phi) is 4.88. The summed E-state index contributed by atoms with van der Waals surface area (Å²) in [5, 5.41) is 0. The molecule has 1 aliphatic rings. The molecule has 0 N–H and O–H groups in total. The molecule has 25 heavy (non-hydrogen) atoms. The van der Waals surface area contributed by atoms with E-state index >= 15 is 0 Å². The molecule has 4 nitrogen and oxygen atoms in total. The molecule has 2 aromatic carbocycles. The Morgan fingerprint density at radius 3 is 2.40 bits per heavy atom. The molecule has 4 heteroatoms. The van der Waals surface area contributed by atoms with Crippen molar-refractivity contribution >= 4 is 17.4 Å². The molecule has 2 aromatic rings. The number of nitrogens with zero attached hydrogens (tertiary/aromatic N) is 1. The van der Waals surface area contributed by atoms with E-state index in [9.17, 15) is 9.59 Å². The number of carbonyl (C=O) groups is 2. The second kappa shape index (κ2) is 7.09. The predicted octanol–water partition coefficient (Wildman–Crippen LogP) is 4.00. The van der Waals surface area contributed by atoms with Crippen LogP contribution in [0.2, 0.25) is 0 Å². The molecule has 0 aromatic heterocycles. The van der Waals surface area contributed by atoms with Gasteiger partial charge in [-0.05, 0) is 56.9 Å². The molecular weight excluding hydrogens is 314 g/mol. The van der Waals surface area contributed by atoms with Crippen molar-refractivity contribution in [3.8, 4) is 5.75 Å². The minimum absolute atomic E-state index is 0.398. The fraction of sp³-hybridized carbons (Fsp3) is 0.333. The van der Waals surface area contributed by atoms with Gasteiger partial charge >= 0.3 is 0 Å². The molecule has 1 aliphatic heterocycles. The molecule has 1 heterocycles. The lowest BCUT2D eigenvalue weighted by Gasteiger charge is -2.17. The number of unbranched alkanes of at least 4 members (excludes halogenated alkanes) is 1. The van der Waals surface area contributed by atoms with Gasteiger partial charge < -0.3 is 9.64 Å². The summed E-state index contributed by atoms with van der Waals surface area (Å²) < 4.78 is 5.90. The van der Waals surface area contributed by atoms with Crippen molar-refractivity contribution in [2.24, 2.45) is 0 Å². The van der Waals surface area contributed by atoms with Crippen LogP contribution in [0.5, 0.6) is 5.75 Å². The van der Waals surface area contributed by atoms with Gasteiger partial charge in [0.05, 0.1) is 17.9 Å². The summed E-state index contributed by atoms with van der Waals surface area (Å²) in [6.45, 7) is 7.14. The average molecular weight is 337 g/mol. The first kappa shape index (κ1) is 17.2. The summed E-state index contributed by atoms with van der Waals surface area (Å²) >= 11 is 0. The molecule has 0 bridgehead atoms. The normalized spacial score (nSPS) is 13.3. The van der Waals surface area contributed by atoms with Crippen LogP contribution in [0.15, 0.2) is 36.4 Å². The number of ether oxygens (including phenoxy) is 1. The Labute approximate surface area is 148 Å². The molecule has 0 saturated heterocycles. The van der Waals surface area contributed by atoms with E-state index in [0.717, 1.165) is 41.0 Å². The van der Waals surface area contributed by atoms with E-state index in [1.165, 1.54) is 0 Å². The van der Waals surface area contributed by atoms with Crippen LogP contribution >= 0.6 is 0 Å². The molecule has 0 spiro atoms. The highest BCUT2D eigenvalue weighted by Crippen LogP contribution is 2.30. The van der Waals surface area contributed by atoms with Crippen molar-refractivity contribution in [2.75, 3.05) is 18.1 Å². The smallest absolute Gasteiger partial charge is 0.299 e. The van der Waals surface area contributed by atoms with Crippen molar-refractivity contribution in [3.05, 3.63) is 58.7 Å². The molecule has 0 saturated carbocycles. The fourth-order valence-electron chi connectivity index (χ4n) is 3.21. The molecule has 130 valence electrons. The summed E-state index contributed by atoms with van der Waals surface area (Å²) in [5.74, 6) is 0.123. The lowest BCUT2D eigenvalue weighted by atomic mass is 10.1. The number of ketones is 1. The van der Waals surface area contributed by atoms with Gasteiger partial charge in [0.1, 0.15) is 5.75 Å². The van der Waals surface area contributed by atoms with Crippen LogP contribution in [0.3, 0.4) is 0 Å². The van der Waals surface area contributed by atoms with Crippen LogP contribution in [0.1, 0.15) is 39.9 Å². The quantitative estimate of drug-likeness (QED) is 0.591. The largest absolute Gasteiger partial charge is 0.493 e. The van der Waals surface area contributed by atoms with Gasteiger partial charge in [-0.15, -0.1) is 0 Å². The summed E-state index contributed by atoms with van der Waals surface area (Å²) in [6.07, 6.45) is 1.62. The number of anilines is 1. The fourth-order valence-corrected chi connectivity index (χ4v) is 3.21. The Hall–Kier alpha value is -2.62. The molecule has 0 aliphatic carbocycles. The van der Waals surface area contributed by atoms with Crippen LogP contribution in [-0.2, 0) is 4.79 Å². The number of para-hydroxylation sites is 1. The van der Waals surface area contributed by atoms with Crippen LogP contribution in [0.4, 0.5) is 5.69 Å². The SMILES string of the molecule is Cc1ccc2c(c1)C(=O)C(=O)N2CCCCOc1c(C)cccc1C. The number of hydrogen-bond acceptors (Lipinski definition) is 3. The summed E-state index contributed by atoms with van der Waals surface area (Å²) in [6, 6.07) is 11.7. The van der Waals surface area contributed by atoms with E-state index in [4.69, 9.17) is 4.74 Å². The maximum absolute atomic E-state index is 12.2. The number of carbonyl (C=O) groups excluding carboxylic acids is 2. The molecule has 0 unspecified atom stereocenters. The van der Waals surface area contributed by atoms with Crippen molar-refractivity contribution in [1.82, 2.24) is 0 Å². The zero-order valence-electron chi connectivity index (χ0n) is 15.0. The second-order valence-corrected chi connectivity index (χ2v) is 6.58. The van der Waals surface area contributed by atoms with Gasteiger partial charge in [-0.25, -0.2) is 0 Å². The number of benzene rings is 2. The van der Waals surface area contributed by atoms with Crippen molar-refractivity contribution in [3.63, 3.8) is 0 Å². The van der Waals surface area contributed by atoms with Crippen molar-refractivity contribution in [2.45, 2.75) is 33.6 Å². The molecule has 0 fully saturated rings. The number of hydrogen-bond donors (Lipinski definition) is 0. The van der Waals surface area contributed by atoms with Gasteiger partial charge in [0.2, 0.25) is 0 Å². The molecular formula is C21H23NO3. The Bertz CT molecular complexity index is 806. The first-order chi connectivity index (χ1) is 12.0. The summed E-state index contributed by atoms with van der Waals surface area (Å²) in [4.78, 5) is 25.9. The topological polar surface area (TPSA) is 46.6 Å². The third-order valence-corrected chi connectivity index (χ3v) is 4.56. The minimum atomic E-state index is -0.420. The summed E-state index contributed by atoms with van der Waals surface area (Å²) in [7, 11) is 0. The zero-order valence-corrected chi connectivity index (χ0v) is 15.0. The summed E-state index contributed by atoms with van der Waals surface area (Å²) in [5.41, 5.74) is 4.51.